The van der Waals surface area contributed by atoms with Gasteiger partial charge in [-0.15, -0.1) is 0 Å². The fourth-order valence-corrected chi connectivity index (χ4v) is 3.69. The molecule has 0 amide bonds. The molecule has 1 heterocycles. The molecule has 0 spiro atoms. The highest BCUT2D eigenvalue weighted by Crippen LogP contribution is 2.29. The number of carbonyl (C=O) groups is 2. The standard InChI is InChI=1S/C25H28O10/c1-14(27)33-22-21(29)20(13-26)34-25(31)23(22)35-24(30)17(10-15-6-4-3-5-7-15)11-16-8-9-18(28)19(12-16)32-2/h3-9,11-12,20-23,25-26,28-29,31H,10,13H2,1-2H3/b17-11+/t20-,21-,22+,23+,25+/m0/s1. The van der Waals surface area contributed by atoms with Crippen molar-refractivity contribution < 1.29 is 49.0 Å². The lowest BCUT2D eigenvalue weighted by Gasteiger charge is -2.41. The lowest BCUT2D eigenvalue weighted by molar-refractivity contribution is -0.292. The second kappa shape index (κ2) is 11.8. The summed E-state index contributed by atoms with van der Waals surface area (Å²) in [6, 6.07) is 13.6. The van der Waals surface area contributed by atoms with Gasteiger partial charge in [0.05, 0.1) is 13.7 Å². The van der Waals surface area contributed by atoms with Gasteiger partial charge in [-0.1, -0.05) is 36.4 Å². The zero-order valence-electron chi connectivity index (χ0n) is 19.2. The lowest BCUT2D eigenvalue weighted by atomic mass is 9.98. The molecule has 2 aromatic rings. The molecule has 5 atom stereocenters. The fourth-order valence-electron chi connectivity index (χ4n) is 3.69. The van der Waals surface area contributed by atoms with E-state index >= 15 is 0 Å². The van der Waals surface area contributed by atoms with Crippen molar-refractivity contribution in [2.45, 2.75) is 44.1 Å². The Morgan fingerprint density at radius 1 is 1.06 bits per heavy atom. The number of ether oxygens (including phenoxy) is 4. The fraction of sp³-hybridized carbons (Fsp3) is 0.360. The summed E-state index contributed by atoms with van der Waals surface area (Å²) in [5, 5.41) is 40.1. The van der Waals surface area contributed by atoms with E-state index in [2.05, 4.69) is 0 Å². The van der Waals surface area contributed by atoms with Crippen LogP contribution in [0.4, 0.5) is 0 Å². The number of hydrogen-bond acceptors (Lipinski definition) is 10. The van der Waals surface area contributed by atoms with Crippen LogP contribution in [-0.4, -0.2) is 76.8 Å². The average Bonchev–Trinajstić information content (AvgIpc) is 2.84. The topological polar surface area (TPSA) is 152 Å². The van der Waals surface area contributed by atoms with E-state index in [0.717, 1.165) is 12.5 Å². The van der Waals surface area contributed by atoms with E-state index in [1.54, 1.807) is 6.07 Å². The van der Waals surface area contributed by atoms with E-state index in [1.807, 2.05) is 30.3 Å². The number of phenols is 1. The largest absolute Gasteiger partial charge is 0.504 e. The maximum Gasteiger partial charge on any atom is 0.334 e. The molecule has 1 aliphatic rings. The Hall–Kier alpha value is -3.44. The molecule has 0 aromatic heterocycles. The number of phenolic OH excluding ortho intramolecular Hbond substituents is 1. The van der Waals surface area contributed by atoms with Gasteiger partial charge in [-0.3, -0.25) is 4.79 Å². The van der Waals surface area contributed by atoms with Gasteiger partial charge in [0.25, 0.3) is 0 Å². The van der Waals surface area contributed by atoms with Crippen molar-refractivity contribution >= 4 is 18.0 Å². The van der Waals surface area contributed by atoms with Crippen molar-refractivity contribution in [2.75, 3.05) is 13.7 Å². The molecule has 10 nitrogen and oxygen atoms in total. The summed E-state index contributed by atoms with van der Waals surface area (Å²) < 4.78 is 20.9. The van der Waals surface area contributed by atoms with Crippen LogP contribution in [0.5, 0.6) is 11.5 Å². The summed E-state index contributed by atoms with van der Waals surface area (Å²) >= 11 is 0. The van der Waals surface area contributed by atoms with Gasteiger partial charge in [0.2, 0.25) is 0 Å². The van der Waals surface area contributed by atoms with Crippen LogP contribution < -0.4 is 4.74 Å². The molecule has 10 heteroatoms. The van der Waals surface area contributed by atoms with Gasteiger partial charge in [0.15, 0.2) is 30.0 Å². The van der Waals surface area contributed by atoms with E-state index < -0.39 is 49.3 Å². The van der Waals surface area contributed by atoms with Gasteiger partial charge >= 0.3 is 11.9 Å². The zero-order valence-corrected chi connectivity index (χ0v) is 19.2. The van der Waals surface area contributed by atoms with E-state index in [4.69, 9.17) is 18.9 Å². The first kappa shape index (κ1) is 26.2. The number of aliphatic hydroxyl groups is 3. The number of hydrogen-bond donors (Lipinski definition) is 4. The molecular formula is C25H28O10. The number of aromatic hydroxyl groups is 1. The molecule has 188 valence electrons. The SMILES string of the molecule is COc1cc(/C=C(\Cc2ccccc2)C(=O)O[C@@H]2[C@H](OC(C)=O)[C@@H](O)[C@H](CO)O[C@H]2O)ccc1O. The van der Waals surface area contributed by atoms with Gasteiger partial charge in [-0.05, 0) is 29.3 Å². The Morgan fingerprint density at radius 3 is 2.40 bits per heavy atom. The Kier molecular flexibility index (Phi) is 8.83. The number of esters is 2. The van der Waals surface area contributed by atoms with Crippen molar-refractivity contribution in [1.82, 2.24) is 0 Å². The molecule has 0 saturated carbocycles. The number of aliphatic hydroxyl groups excluding tert-OH is 3. The second-order valence-electron chi connectivity index (χ2n) is 7.95. The van der Waals surface area contributed by atoms with Gasteiger partial charge < -0.3 is 39.4 Å². The molecular weight excluding hydrogens is 460 g/mol. The van der Waals surface area contributed by atoms with Crippen LogP contribution in [0.3, 0.4) is 0 Å². The first-order valence-electron chi connectivity index (χ1n) is 10.9. The Bertz CT molecular complexity index is 1050. The molecule has 0 aliphatic carbocycles. The molecule has 35 heavy (non-hydrogen) atoms. The summed E-state index contributed by atoms with van der Waals surface area (Å²) in [4.78, 5) is 24.9. The number of rotatable bonds is 8. The molecule has 0 unspecified atom stereocenters. The zero-order chi connectivity index (χ0) is 25.5. The highest BCUT2D eigenvalue weighted by atomic mass is 16.7. The van der Waals surface area contributed by atoms with E-state index in [1.165, 1.54) is 25.3 Å². The molecule has 0 radical (unpaired) electrons. The van der Waals surface area contributed by atoms with E-state index in [9.17, 15) is 30.0 Å². The Balaban J connectivity index is 1.93. The van der Waals surface area contributed by atoms with Crippen LogP contribution >= 0.6 is 0 Å². The van der Waals surface area contributed by atoms with Gasteiger partial charge in [0, 0.05) is 18.9 Å². The van der Waals surface area contributed by atoms with Crippen LogP contribution in [0.25, 0.3) is 6.08 Å². The molecule has 2 aromatic carbocycles. The summed E-state index contributed by atoms with van der Waals surface area (Å²) in [5.41, 5.74) is 1.48. The summed E-state index contributed by atoms with van der Waals surface area (Å²) in [6.45, 7) is 0.443. The summed E-state index contributed by atoms with van der Waals surface area (Å²) in [7, 11) is 1.40. The molecule has 4 N–H and O–H groups in total. The van der Waals surface area contributed by atoms with Crippen LogP contribution in [-0.2, 0) is 30.2 Å². The quantitative estimate of drug-likeness (QED) is 0.312. The molecule has 0 bridgehead atoms. The average molecular weight is 488 g/mol. The number of benzene rings is 2. The second-order valence-corrected chi connectivity index (χ2v) is 7.95. The van der Waals surface area contributed by atoms with E-state index in [-0.39, 0.29) is 23.5 Å². The van der Waals surface area contributed by atoms with Crippen molar-refractivity contribution in [2.24, 2.45) is 0 Å². The van der Waals surface area contributed by atoms with Crippen molar-refractivity contribution in [3.63, 3.8) is 0 Å². The van der Waals surface area contributed by atoms with Crippen LogP contribution in [0.15, 0.2) is 54.1 Å². The number of carbonyl (C=O) groups excluding carboxylic acids is 2. The minimum Gasteiger partial charge on any atom is -0.504 e. The maximum atomic E-state index is 13.3. The predicted molar refractivity (Wildman–Crippen MR) is 122 cm³/mol. The van der Waals surface area contributed by atoms with Crippen LogP contribution in [0, 0.1) is 0 Å². The highest BCUT2D eigenvalue weighted by molar-refractivity contribution is 5.94. The van der Waals surface area contributed by atoms with Crippen LogP contribution in [0.1, 0.15) is 18.1 Å². The van der Waals surface area contributed by atoms with Crippen LogP contribution in [0.2, 0.25) is 0 Å². The third-order valence-electron chi connectivity index (χ3n) is 5.41. The predicted octanol–water partition coefficient (Wildman–Crippen LogP) is 0.941. The van der Waals surface area contributed by atoms with Gasteiger partial charge in [0.1, 0.15) is 12.2 Å². The lowest BCUT2D eigenvalue weighted by Crippen LogP contribution is -2.61. The minimum absolute atomic E-state index is 0.0732. The van der Waals surface area contributed by atoms with E-state index in [0.29, 0.717) is 5.56 Å². The minimum atomic E-state index is -1.77. The number of methoxy groups -OCH3 is 1. The maximum absolute atomic E-state index is 13.3. The first-order chi connectivity index (χ1) is 16.7. The molecule has 1 saturated heterocycles. The van der Waals surface area contributed by atoms with Gasteiger partial charge in [-0.25, -0.2) is 4.79 Å². The molecule has 3 rings (SSSR count). The third kappa shape index (κ3) is 6.58. The molecule has 1 aliphatic heterocycles. The van der Waals surface area contributed by atoms with Crippen molar-refractivity contribution in [3.8, 4) is 11.5 Å². The summed E-state index contributed by atoms with van der Waals surface area (Å²) in [6.07, 6.45) is -5.91. The monoisotopic (exact) mass is 488 g/mol. The van der Waals surface area contributed by atoms with Crippen molar-refractivity contribution in [1.29, 1.82) is 0 Å². The summed E-state index contributed by atoms with van der Waals surface area (Å²) in [5.74, 6) is -1.51. The van der Waals surface area contributed by atoms with Gasteiger partial charge in [-0.2, -0.15) is 0 Å². The third-order valence-corrected chi connectivity index (χ3v) is 5.41. The highest BCUT2D eigenvalue weighted by Gasteiger charge is 2.49. The normalized spacial score (nSPS) is 24.5. The molecule has 1 fully saturated rings. The Morgan fingerprint density at radius 2 is 1.77 bits per heavy atom. The first-order valence-corrected chi connectivity index (χ1v) is 10.9. The Labute approximate surface area is 201 Å². The van der Waals surface area contributed by atoms with Crippen molar-refractivity contribution in [3.05, 3.63) is 65.2 Å². The smallest absolute Gasteiger partial charge is 0.334 e.